The molecule has 12 heavy (non-hydrogen) atoms. The normalized spacial score (nSPS) is 28.4. The summed E-state index contributed by atoms with van der Waals surface area (Å²) in [5.41, 5.74) is 0. The van der Waals surface area contributed by atoms with Gasteiger partial charge in [0.25, 0.3) is 0 Å². The summed E-state index contributed by atoms with van der Waals surface area (Å²) in [6.07, 6.45) is 4.45. The zero-order chi connectivity index (χ0) is 8.97. The van der Waals surface area contributed by atoms with E-state index < -0.39 is 0 Å². The van der Waals surface area contributed by atoms with Gasteiger partial charge in [-0.1, -0.05) is 6.08 Å². The van der Waals surface area contributed by atoms with Crippen LogP contribution < -0.4 is 5.32 Å². The molecule has 1 unspecified atom stereocenters. The Morgan fingerprint density at radius 2 is 2.50 bits per heavy atom. The van der Waals surface area contributed by atoms with Crippen molar-refractivity contribution in [2.75, 3.05) is 7.11 Å². The van der Waals surface area contributed by atoms with E-state index in [9.17, 15) is 4.91 Å². The van der Waals surface area contributed by atoms with Gasteiger partial charge in [-0.2, -0.15) is 0 Å². The van der Waals surface area contributed by atoms with Crippen LogP contribution in [-0.2, 0) is 4.84 Å². The van der Waals surface area contributed by atoms with Gasteiger partial charge in [0.2, 0.25) is 4.92 Å². The molecule has 1 fully saturated rings. The fraction of sp³-hybridized carbons (Fsp3) is 0.750. The van der Waals surface area contributed by atoms with E-state index in [1.54, 1.807) is 0 Å². The van der Waals surface area contributed by atoms with Gasteiger partial charge >= 0.3 is 6.17 Å². The molecule has 68 valence electrons. The van der Waals surface area contributed by atoms with Crippen molar-refractivity contribution in [3.63, 3.8) is 0 Å². The van der Waals surface area contributed by atoms with Gasteiger partial charge in [-0.15, -0.1) is 6.58 Å². The molecule has 0 aromatic heterocycles. The standard InChI is InChI=1S/C8H15N2O2/c1-3-4-7-5-6-8(9-7)10(11)12-2/h3,7-9H,1,4-6H2,2H3/q+1/t7?,8-/m1/s1. The lowest BCUT2D eigenvalue weighted by molar-refractivity contribution is -0.821. The Labute approximate surface area is 72.1 Å². The van der Waals surface area contributed by atoms with Crippen LogP contribution in [0.5, 0.6) is 0 Å². The lowest BCUT2D eigenvalue weighted by Crippen LogP contribution is -2.36. The molecule has 1 saturated heterocycles. The first-order valence-corrected chi connectivity index (χ1v) is 4.15. The summed E-state index contributed by atoms with van der Waals surface area (Å²) in [6.45, 7) is 3.65. The third-order valence-corrected chi connectivity index (χ3v) is 2.10. The molecule has 1 heterocycles. The summed E-state index contributed by atoms with van der Waals surface area (Å²) >= 11 is 0. The van der Waals surface area contributed by atoms with Crippen molar-refractivity contribution >= 4 is 0 Å². The van der Waals surface area contributed by atoms with Gasteiger partial charge in [-0.25, -0.2) is 10.2 Å². The molecule has 1 aliphatic rings. The molecule has 0 amide bonds. The van der Waals surface area contributed by atoms with Crippen LogP contribution in [0.3, 0.4) is 0 Å². The molecule has 2 atom stereocenters. The Kier molecular flexibility index (Phi) is 3.22. The van der Waals surface area contributed by atoms with Gasteiger partial charge in [0.15, 0.2) is 7.11 Å². The summed E-state index contributed by atoms with van der Waals surface area (Å²) in [7, 11) is 1.38. The molecule has 0 bridgehead atoms. The molecule has 1 N–H and O–H groups in total. The summed E-state index contributed by atoms with van der Waals surface area (Å²) in [5, 5.41) is 3.16. The van der Waals surface area contributed by atoms with Gasteiger partial charge in [0.05, 0.1) is 4.91 Å². The van der Waals surface area contributed by atoms with Crippen molar-refractivity contribution in [2.24, 2.45) is 0 Å². The van der Waals surface area contributed by atoms with E-state index in [0.717, 1.165) is 19.3 Å². The fourth-order valence-electron chi connectivity index (χ4n) is 1.48. The van der Waals surface area contributed by atoms with Crippen LogP contribution in [0.1, 0.15) is 19.3 Å². The summed E-state index contributed by atoms with van der Waals surface area (Å²) in [5.74, 6) is 0. The van der Waals surface area contributed by atoms with E-state index in [-0.39, 0.29) is 6.17 Å². The van der Waals surface area contributed by atoms with Crippen LogP contribution in [0, 0.1) is 4.91 Å². The monoisotopic (exact) mass is 171 g/mol. The topological polar surface area (TPSA) is 41.3 Å². The highest BCUT2D eigenvalue weighted by molar-refractivity contribution is 4.83. The molecular formula is C8H15N2O2+. The van der Waals surface area contributed by atoms with Crippen LogP contribution in [0.15, 0.2) is 12.7 Å². The molecule has 0 saturated carbocycles. The predicted molar refractivity (Wildman–Crippen MR) is 45.4 cm³/mol. The van der Waals surface area contributed by atoms with E-state index >= 15 is 0 Å². The molecule has 0 spiro atoms. The lowest BCUT2D eigenvalue weighted by atomic mass is 10.2. The lowest BCUT2D eigenvalue weighted by Gasteiger charge is -2.04. The highest BCUT2D eigenvalue weighted by atomic mass is 16.8. The van der Waals surface area contributed by atoms with Crippen molar-refractivity contribution in [1.82, 2.24) is 5.32 Å². The van der Waals surface area contributed by atoms with E-state index in [2.05, 4.69) is 16.7 Å². The van der Waals surface area contributed by atoms with Gasteiger partial charge in [0, 0.05) is 12.5 Å². The van der Waals surface area contributed by atoms with E-state index in [0.29, 0.717) is 11.0 Å². The van der Waals surface area contributed by atoms with Gasteiger partial charge in [-0.05, 0) is 12.8 Å². The molecule has 4 heteroatoms. The second-order valence-corrected chi connectivity index (χ2v) is 2.95. The van der Waals surface area contributed by atoms with Gasteiger partial charge in [-0.3, -0.25) is 0 Å². The summed E-state index contributed by atoms with van der Waals surface area (Å²) in [6, 6.07) is 0.388. The fourth-order valence-corrected chi connectivity index (χ4v) is 1.48. The molecule has 4 nitrogen and oxygen atoms in total. The second kappa shape index (κ2) is 4.21. The minimum absolute atomic E-state index is 0.181. The molecule has 0 aliphatic carbocycles. The molecule has 0 aromatic carbocycles. The Bertz CT molecular complexity index is 182. The summed E-state index contributed by atoms with van der Waals surface area (Å²) < 4.78 is 0. The minimum atomic E-state index is -0.181. The Balaban J connectivity index is 2.34. The van der Waals surface area contributed by atoms with Crippen molar-refractivity contribution in [3.8, 4) is 0 Å². The largest absolute Gasteiger partial charge is 0.311 e. The first-order chi connectivity index (χ1) is 5.77. The average Bonchev–Trinajstić information content (AvgIpc) is 2.52. The highest BCUT2D eigenvalue weighted by Crippen LogP contribution is 2.15. The number of nitrogens with zero attached hydrogens (tertiary/aromatic N) is 1. The molecule has 1 rings (SSSR count). The Hall–Kier alpha value is -0.900. The SMILES string of the molecule is C=CCC1CC[C@@H]([N+](=O)OC)N1. The third kappa shape index (κ3) is 2.04. The number of nitrogens with one attached hydrogen (secondary N) is 1. The van der Waals surface area contributed by atoms with Crippen LogP contribution in [0.4, 0.5) is 0 Å². The third-order valence-electron chi connectivity index (χ3n) is 2.10. The number of hydrogen-bond donors (Lipinski definition) is 1. The van der Waals surface area contributed by atoms with Crippen molar-refractivity contribution in [3.05, 3.63) is 17.6 Å². The minimum Gasteiger partial charge on any atom is -0.248 e. The smallest absolute Gasteiger partial charge is 0.248 e. The number of hydrogen-bond acceptors (Lipinski definition) is 3. The van der Waals surface area contributed by atoms with E-state index in [1.807, 2.05) is 6.08 Å². The van der Waals surface area contributed by atoms with Crippen LogP contribution in [0.2, 0.25) is 0 Å². The van der Waals surface area contributed by atoms with E-state index in [1.165, 1.54) is 7.11 Å². The van der Waals surface area contributed by atoms with Gasteiger partial charge < -0.3 is 0 Å². The van der Waals surface area contributed by atoms with Crippen molar-refractivity contribution in [2.45, 2.75) is 31.5 Å². The maximum absolute atomic E-state index is 11.0. The second-order valence-electron chi connectivity index (χ2n) is 2.95. The molecule has 0 radical (unpaired) electrons. The van der Waals surface area contributed by atoms with Crippen LogP contribution in [0.25, 0.3) is 0 Å². The van der Waals surface area contributed by atoms with Gasteiger partial charge in [0.1, 0.15) is 0 Å². The highest BCUT2D eigenvalue weighted by Gasteiger charge is 2.35. The predicted octanol–water partition coefficient (Wildman–Crippen LogP) is 0.981. The Morgan fingerprint density at radius 1 is 1.75 bits per heavy atom. The summed E-state index contributed by atoms with van der Waals surface area (Å²) in [4.78, 5) is 16.1. The quantitative estimate of drug-likeness (QED) is 0.506. The first kappa shape index (κ1) is 9.19. The Morgan fingerprint density at radius 3 is 3.08 bits per heavy atom. The zero-order valence-electron chi connectivity index (χ0n) is 7.32. The number of rotatable bonds is 4. The molecular weight excluding hydrogens is 156 g/mol. The average molecular weight is 171 g/mol. The van der Waals surface area contributed by atoms with Crippen LogP contribution in [-0.4, -0.2) is 24.2 Å². The molecule has 0 aromatic rings. The maximum Gasteiger partial charge on any atom is 0.311 e. The first-order valence-electron chi connectivity index (χ1n) is 4.15. The molecule has 1 aliphatic heterocycles. The van der Waals surface area contributed by atoms with Crippen molar-refractivity contribution < 1.29 is 9.76 Å². The van der Waals surface area contributed by atoms with Crippen LogP contribution >= 0.6 is 0 Å². The van der Waals surface area contributed by atoms with Crippen molar-refractivity contribution in [1.29, 1.82) is 0 Å². The zero-order valence-corrected chi connectivity index (χ0v) is 7.32. The van der Waals surface area contributed by atoms with E-state index in [4.69, 9.17) is 0 Å². The maximum atomic E-state index is 11.0.